The number of aliphatic hydroxyl groups is 1. The third kappa shape index (κ3) is 5.26. The second-order valence-corrected chi connectivity index (χ2v) is 13.6. The van der Waals surface area contributed by atoms with Crippen molar-refractivity contribution in [3.8, 4) is 0 Å². The molecular weight excluding hydrogens is 415 g/mol. The molecule has 0 radical (unpaired) electrons. The van der Waals surface area contributed by atoms with Crippen LogP contribution in [-0.2, 0) is 4.43 Å². The van der Waals surface area contributed by atoms with Crippen molar-refractivity contribution in [1.82, 2.24) is 0 Å². The molecular formula is C28H33FO2Si. The molecule has 0 aliphatic heterocycles. The molecule has 3 rings (SSSR count). The summed E-state index contributed by atoms with van der Waals surface area (Å²) in [6.45, 7) is 8.95. The first-order valence-electron chi connectivity index (χ1n) is 11.1. The van der Waals surface area contributed by atoms with Gasteiger partial charge in [0.05, 0.1) is 0 Å². The van der Waals surface area contributed by atoms with Gasteiger partial charge in [0.15, 0.2) is 0 Å². The van der Waals surface area contributed by atoms with Gasteiger partial charge in [0.1, 0.15) is 11.9 Å². The SMILES string of the molecule is CC(/C=C(\F)C(O)c1ccccc1)CO[Si](c1ccccc1)(c1ccccc1)C(C)(C)C. The summed E-state index contributed by atoms with van der Waals surface area (Å²) in [5.41, 5.74) is 0.543. The summed E-state index contributed by atoms with van der Waals surface area (Å²) in [5, 5.41) is 12.6. The molecule has 2 atom stereocenters. The van der Waals surface area contributed by atoms with Crippen molar-refractivity contribution in [1.29, 1.82) is 0 Å². The van der Waals surface area contributed by atoms with Crippen LogP contribution in [0.15, 0.2) is 103 Å². The Morgan fingerprint density at radius 2 is 1.31 bits per heavy atom. The highest BCUT2D eigenvalue weighted by atomic mass is 28.4. The zero-order chi connectivity index (χ0) is 23.2. The van der Waals surface area contributed by atoms with Gasteiger partial charge < -0.3 is 9.53 Å². The molecule has 3 aromatic carbocycles. The topological polar surface area (TPSA) is 29.5 Å². The molecule has 0 heterocycles. The zero-order valence-electron chi connectivity index (χ0n) is 19.3. The van der Waals surface area contributed by atoms with E-state index in [4.69, 9.17) is 4.43 Å². The summed E-state index contributed by atoms with van der Waals surface area (Å²) in [5.74, 6) is -0.746. The Morgan fingerprint density at radius 1 is 0.875 bits per heavy atom. The molecule has 0 spiro atoms. The highest BCUT2D eigenvalue weighted by Gasteiger charge is 2.50. The van der Waals surface area contributed by atoms with E-state index in [1.165, 1.54) is 16.4 Å². The van der Waals surface area contributed by atoms with E-state index in [9.17, 15) is 9.50 Å². The second kappa shape index (κ2) is 10.4. The summed E-state index contributed by atoms with van der Waals surface area (Å²) < 4.78 is 21.7. The summed E-state index contributed by atoms with van der Waals surface area (Å²) in [6.07, 6.45) is 0.224. The lowest BCUT2D eigenvalue weighted by Crippen LogP contribution is -2.66. The van der Waals surface area contributed by atoms with Gasteiger partial charge in [-0.05, 0) is 33.0 Å². The summed E-state index contributed by atoms with van der Waals surface area (Å²) in [6, 6.07) is 29.7. The van der Waals surface area contributed by atoms with Crippen LogP contribution in [0.4, 0.5) is 4.39 Å². The van der Waals surface area contributed by atoms with Crippen LogP contribution >= 0.6 is 0 Å². The van der Waals surface area contributed by atoms with Crippen LogP contribution < -0.4 is 10.4 Å². The predicted molar refractivity (Wildman–Crippen MR) is 133 cm³/mol. The van der Waals surface area contributed by atoms with Crippen LogP contribution in [0.1, 0.15) is 39.4 Å². The minimum Gasteiger partial charge on any atom is -0.407 e. The smallest absolute Gasteiger partial charge is 0.261 e. The summed E-state index contributed by atoms with van der Waals surface area (Å²) in [4.78, 5) is 0. The third-order valence-corrected chi connectivity index (χ3v) is 10.8. The van der Waals surface area contributed by atoms with Crippen molar-refractivity contribution in [2.75, 3.05) is 6.61 Å². The van der Waals surface area contributed by atoms with Crippen LogP contribution in [0, 0.1) is 5.92 Å². The molecule has 1 N–H and O–H groups in total. The van der Waals surface area contributed by atoms with Gasteiger partial charge in [0.25, 0.3) is 8.32 Å². The Balaban J connectivity index is 1.91. The largest absolute Gasteiger partial charge is 0.407 e. The minimum absolute atomic E-state index is 0.138. The molecule has 0 aliphatic carbocycles. The van der Waals surface area contributed by atoms with Gasteiger partial charge in [-0.15, -0.1) is 0 Å². The Kier molecular flexibility index (Phi) is 7.83. The Labute approximate surface area is 192 Å². The van der Waals surface area contributed by atoms with Gasteiger partial charge in [0, 0.05) is 6.61 Å². The molecule has 0 bridgehead atoms. The van der Waals surface area contributed by atoms with Crippen LogP contribution in [0.2, 0.25) is 5.04 Å². The van der Waals surface area contributed by atoms with E-state index < -0.39 is 20.2 Å². The number of benzene rings is 3. The van der Waals surface area contributed by atoms with E-state index in [-0.39, 0.29) is 11.0 Å². The highest BCUT2D eigenvalue weighted by Crippen LogP contribution is 2.37. The zero-order valence-corrected chi connectivity index (χ0v) is 20.3. The van der Waals surface area contributed by atoms with Gasteiger partial charge in [-0.2, -0.15) is 0 Å². The van der Waals surface area contributed by atoms with E-state index in [1.807, 2.05) is 49.4 Å². The second-order valence-electron chi connectivity index (χ2n) is 9.32. The first-order chi connectivity index (χ1) is 15.3. The Bertz CT molecular complexity index is 958. The minimum atomic E-state index is -2.67. The summed E-state index contributed by atoms with van der Waals surface area (Å²) in [7, 11) is -2.67. The molecule has 4 heteroatoms. The highest BCUT2D eigenvalue weighted by molar-refractivity contribution is 6.99. The molecule has 0 aliphatic rings. The number of hydrogen-bond donors (Lipinski definition) is 1. The Morgan fingerprint density at radius 3 is 1.75 bits per heavy atom. The van der Waals surface area contributed by atoms with Gasteiger partial charge >= 0.3 is 0 Å². The van der Waals surface area contributed by atoms with E-state index in [0.717, 1.165) is 0 Å². The first kappa shape index (κ1) is 24.1. The lowest BCUT2D eigenvalue weighted by Gasteiger charge is -2.43. The molecule has 2 nitrogen and oxygen atoms in total. The van der Waals surface area contributed by atoms with Crippen molar-refractivity contribution in [3.05, 3.63) is 108 Å². The maximum Gasteiger partial charge on any atom is 0.261 e. The van der Waals surface area contributed by atoms with Crippen LogP contribution in [0.3, 0.4) is 0 Å². The Hall–Kier alpha value is -2.53. The summed E-state index contributed by atoms with van der Waals surface area (Å²) >= 11 is 0. The third-order valence-electron chi connectivity index (χ3n) is 5.80. The maximum atomic E-state index is 14.8. The van der Waals surface area contributed by atoms with Gasteiger partial charge in [-0.25, -0.2) is 4.39 Å². The fraction of sp³-hybridized carbons (Fsp3) is 0.286. The molecule has 3 aromatic rings. The van der Waals surface area contributed by atoms with E-state index >= 15 is 0 Å². The van der Waals surface area contributed by atoms with Gasteiger partial charge in [0.2, 0.25) is 0 Å². The lowest BCUT2D eigenvalue weighted by molar-refractivity contribution is 0.182. The average molecular weight is 449 g/mol. The fourth-order valence-electron chi connectivity index (χ4n) is 4.22. The van der Waals surface area contributed by atoms with Crippen molar-refractivity contribution in [3.63, 3.8) is 0 Å². The fourth-order valence-corrected chi connectivity index (χ4v) is 8.89. The van der Waals surface area contributed by atoms with Gasteiger partial charge in [-0.1, -0.05) is 119 Å². The van der Waals surface area contributed by atoms with Crippen molar-refractivity contribution in [2.45, 2.75) is 38.8 Å². The van der Waals surface area contributed by atoms with Crippen molar-refractivity contribution in [2.24, 2.45) is 5.92 Å². The van der Waals surface area contributed by atoms with Crippen LogP contribution in [0.5, 0.6) is 0 Å². The average Bonchev–Trinajstić information content (AvgIpc) is 2.80. The maximum absolute atomic E-state index is 14.8. The lowest BCUT2D eigenvalue weighted by atomic mass is 10.1. The molecule has 2 unspecified atom stereocenters. The standard InChI is InChI=1S/C28H33FO2Si/c1-22(20-26(29)27(30)23-14-8-5-9-15-23)21-31-32(28(2,3)4,24-16-10-6-11-17-24)25-18-12-7-13-19-25/h5-20,22,27,30H,21H2,1-4H3/b26-20-. The van der Waals surface area contributed by atoms with Gasteiger partial charge in [-0.3, -0.25) is 0 Å². The predicted octanol–water partition coefficient (Wildman–Crippen LogP) is 5.79. The van der Waals surface area contributed by atoms with Crippen molar-refractivity contribution < 1.29 is 13.9 Å². The monoisotopic (exact) mass is 448 g/mol. The van der Waals surface area contributed by atoms with E-state index in [1.54, 1.807) is 24.3 Å². The molecule has 168 valence electrons. The molecule has 0 saturated carbocycles. The van der Waals surface area contributed by atoms with Crippen molar-refractivity contribution >= 4 is 18.7 Å². The number of aliphatic hydroxyl groups excluding tert-OH is 1. The molecule has 0 saturated heterocycles. The molecule has 0 aromatic heterocycles. The first-order valence-corrected chi connectivity index (χ1v) is 13.0. The normalized spacial score (nSPS) is 14.8. The number of halogens is 1. The number of rotatable bonds is 8. The molecule has 0 fully saturated rings. The van der Waals surface area contributed by atoms with Crippen LogP contribution in [0.25, 0.3) is 0 Å². The molecule has 0 amide bonds. The molecule has 32 heavy (non-hydrogen) atoms. The van der Waals surface area contributed by atoms with E-state index in [0.29, 0.717) is 12.2 Å². The van der Waals surface area contributed by atoms with Crippen LogP contribution in [-0.4, -0.2) is 20.0 Å². The quantitative estimate of drug-likeness (QED) is 0.442. The number of hydrogen-bond acceptors (Lipinski definition) is 2. The van der Waals surface area contributed by atoms with E-state index in [2.05, 4.69) is 45.0 Å².